The number of hydrogen-bond acceptors (Lipinski definition) is 5. The molecule has 2 amide bonds. The van der Waals surface area contributed by atoms with Crippen LogP contribution in [0.25, 0.3) is 0 Å². The summed E-state index contributed by atoms with van der Waals surface area (Å²) in [6.45, 7) is 0.516. The van der Waals surface area contributed by atoms with Gasteiger partial charge in [-0.05, 0) is 36.8 Å². The van der Waals surface area contributed by atoms with Gasteiger partial charge >= 0.3 is 0 Å². The van der Waals surface area contributed by atoms with Crippen molar-refractivity contribution < 1.29 is 14.7 Å². The van der Waals surface area contributed by atoms with Crippen LogP contribution in [-0.4, -0.2) is 35.0 Å². The highest BCUT2D eigenvalue weighted by Crippen LogP contribution is 2.38. The molecule has 0 spiro atoms. The minimum absolute atomic E-state index is 0.0540. The maximum Gasteiger partial charge on any atom is 0.254 e. The number of thioether (sulfide) groups is 1. The van der Waals surface area contributed by atoms with Gasteiger partial charge in [0, 0.05) is 17.2 Å². The summed E-state index contributed by atoms with van der Waals surface area (Å²) in [6.07, 6.45) is 4.05. The molecule has 27 heavy (non-hydrogen) atoms. The van der Waals surface area contributed by atoms with Crippen molar-refractivity contribution in [2.75, 3.05) is 23.4 Å². The van der Waals surface area contributed by atoms with Gasteiger partial charge < -0.3 is 15.7 Å². The van der Waals surface area contributed by atoms with E-state index in [-0.39, 0.29) is 24.2 Å². The summed E-state index contributed by atoms with van der Waals surface area (Å²) in [5, 5.41) is 15.4. The van der Waals surface area contributed by atoms with Crippen molar-refractivity contribution in [1.29, 1.82) is 0 Å². The summed E-state index contributed by atoms with van der Waals surface area (Å²) in [7, 11) is 0. The zero-order chi connectivity index (χ0) is 19.1. The van der Waals surface area contributed by atoms with Crippen LogP contribution in [-0.2, 0) is 24.2 Å². The smallest absolute Gasteiger partial charge is 0.254 e. The first-order valence-corrected chi connectivity index (χ1v) is 11.1. The van der Waals surface area contributed by atoms with Crippen molar-refractivity contribution in [3.63, 3.8) is 0 Å². The molecule has 0 aliphatic heterocycles. The number of aliphatic hydroxyl groups excluding tert-OH is 1. The molecule has 5 nitrogen and oxygen atoms in total. The first-order valence-electron chi connectivity index (χ1n) is 9.14. The summed E-state index contributed by atoms with van der Waals surface area (Å²) < 4.78 is 0. The molecule has 1 aromatic carbocycles. The quantitative estimate of drug-likeness (QED) is 0.591. The van der Waals surface area contributed by atoms with E-state index >= 15 is 0 Å². The third-order valence-corrected chi connectivity index (χ3v) is 6.56. The highest BCUT2D eigenvalue weighted by atomic mass is 32.2. The molecule has 0 unspecified atom stereocenters. The molecule has 0 fully saturated rings. The van der Waals surface area contributed by atoms with Gasteiger partial charge in [0.2, 0.25) is 5.91 Å². The highest BCUT2D eigenvalue weighted by molar-refractivity contribution is 7.99. The van der Waals surface area contributed by atoms with Crippen molar-refractivity contribution >= 4 is 39.9 Å². The number of carbonyl (C=O) groups excluding carboxylic acids is 2. The second-order valence-corrected chi connectivity index (χ2v) is 8.62. The second kappa shape index (κ2) is 9.92. The van der Waals surface area contributed by atoms with Gasteiger partial charge in [0.05, 0.1) is 17.9 Å². The number of carbonyl (C=O) groups is 2. The molecule has 3 N–H and O–H groups in total. The third kappa shape index (κ3) is 5.34. The molecule has 144 valence electrons. The normalized spacial score (nSPS) is 13.1. The van der Waals surface area contributed by atoms with Crippen molar-refractivity contribution in [1.82, 2.24) is 5.32 Å². The zero-order valence-electron chi connectivity index (χ0n) is 15.1. The Kier molecular flexibility index (Phi) is 7.32. The van der Waals surface area contributed by atoms with E-state index in [1.54, 1.807) is 0 Å². The van der Waals surface area contributed by atoms with E-state index in [1.807, 2.05) is 30.3 Å². The molecule has 1 aliphatic rings. The molecule has 2 aromatic rings. The second-order valence-electron chi connectivity index (χ2n) is 6.41. The summed E-state index contributed by atoms with van der Waals surface area (Å²) >= 11 is 2.91. The van der Waals surface area contributed by atoms with Gasteiger partial charge in [-0.25, -0.2) is 0 Å². The average Bonchev–Trinajstić information content (AvgIpc) is 3.05. The van der Waals surface area contributed by atoms with E-state index in [0.29, 0.717) is 22.9 Å². The number of fused-ring (bicyclic) bond motifs is 1. The number of aryl methyl sites for hydroxylation is 1. The van der Waals surface area contributed by atoms with Crippen LogP contribution in [0, 0.1) is 0 Å². The Morgan fingerprint density at radius 3 is 2.70 bits per heavy atom. The molecule has 0 atom stereocenters. The zero-order valence-corrected chi connectivity index (χ0v) is 16.8. The van der Waals surface area contributed by atoms with Gasteiger partial charge in [-0.15, -0.1) is 23.1 Å². The predicted molar refractivity (Wildman–Crippen MR) is 112 cm³/mol. The Morgan fingerprint density at radius 2 is 1.93 bits per heavy atom. The Bertz CT molecular complexity index is 790. The SMILES string of the molecule is O=C(CSCCO)Nc1sc2c(c1C(=O)NCc1ccccc1)CCCC2. The van der Waals surface area contributed by atoms with Crippen LogP contribution in [0.15, 0.2) is 30.3 Å². The maximum absolute atomic E-state index is 12.9. The minimum Gasteiger partial charge on any atom is -0.396 e. The van der Waals surface area contributed by atoms with Crippen LogP contribution in [0.1, 0.15) is 39.2 Å². The molecule has 0 radical (unpaired) electrons. The molecule has 3 rings (SSSR count). The lowest BCUT2D eigenvalue weighted by molar-refractivity contribution is -0.113. The van der Waals surface area contributed by atoms with Crippen molar-refractivity contribution in [3.05, 3.63) is 51.9 Å². The Labute approximate surface area is 167 Å². The van der Waals surface area contributed by atoms with Crippen LogP contribution in [0.5, 0.6) is 0 Å². The summed E-state index contributed by atoms with van der Waals surface area (Å²) in [5.41, 5.74) is 2.77. The van der Waals surface area contributed by atoms with E-state index in [1.165, 1.54) is 28.0 Å². The lowest BCUT2D eigenvalue weighted by atomic mass is 9.95. The number of benzene rings is 1. The van der Waals surface area contributed by atoms with Gasteiger partial charge in [-0.2, -0.15) is 0 Å². The average molecular weight is 405 g/mol. The van der Waals surface area contributed by atoms with Crippen LogP contribution < -0.4 is 10.6 Å². The van der Waals surface area contributed by atoms with Crippen LogP contribution in [0.4, 0.5) is 5.00 Å². The molecule has 1 heterocycles. The number of aliphatic hydroxyl groups is 1. The summed E-state index contributed by atoms with van der Waals surface area (Å²) in [5.74, 6) is 0.535. The molecular formula is C20H24N2O3S2. The van der Waals surface area contributed by atoms with E-state index < -0.39 is 0 Å². The van der Waals surface area contributed by atoms with Crippen LogP contribution in [0.2, 0.25) is 0 Å². The molecule has 0 saturated carbocycles. The molecular weight excluding hydrogens is 380 g/mol. The fourth-order valence-corrected chi connectivity index (χ4v) is 4.99. The number of thiophene rings is 1. The predicted octanol–water partition coefficient (Wildman–Crippen LogP) is 3.22. The lowest BCUT2D eigenvalue weighted by Crippen LogP contribution is -2.25. The third-order valence-electron chi connectivity index (χ3n) is 4.42. The van der Waals surface area contributed by atoms with E-state index in [2.05, 4.69) is 10.6 Å². The monoisotopic (exact) mass is 404 g/mol. The minimum atomic E-state index is -0.135. The Hall–Kier alpha value is -1.83. The van der Waals surface area contributed by atoms with Gasteiger partial charge in [0.1, 0.15) is 5.00 Å². The maximum atomic E-state index is 12.9. The fourth-order valence-electron chi connectivity index (χ4n) is 3.15. The van der Waals surface area contributed by atoms with E-state index in [4.69, 9.17) is 5.11 Å². The van der Waals surface area contributed by atoms with Crippen molar-refractivity contribution in [2.24, 2.45) is 0 Å². The first kappa shape index (κ1) is 19.9. The summed E-state index contributed by atoms with van der Waals surface area (Å²) in [6, 6.07) is 9.80. The topological polar surface area (TPSA) is 78.4 Å². The lowest BCUT2D eigenvalue weighted by Gasteiger charge is -2.13. The molecule has 7 heteroatoms. The number of rotatable bonds is 8. The number of hydrogen-bond donors (Lipinski definition) is 3. The molecule has 0 saturated heterocycles. The number of nitrogens with one attached hydrogen (secondary N) is 2. The molecule has 0 bridgehead atoms. The van der Waals surface area contributed by atoms with Gasteiger partial charge in [0.15, 0.2) is 0 Å². The van der Waals surface area contributed by atoms with Crippen molar-refractivity contribution in [3.8, 4) is 0 Å². The van der Waals surface area contributed by atoms with E-state index in [9.17, 15) is 9.59 Å². The largest absolute Gasteiger partial charge is 0.396 e. The summed E-state index contributed by atoms with van der Waals surface area (Å²) in [4.78, 5) is 26.3. The van der Waals surface area contributed by atoms with Crippen LogP contribution >= 0.6 is 23.1 Å². The van der Waals surface area contributed by atoms with Gasteiger partial charge in [0.25, 0.3) is 5.91 Å². The van der Waals surface area contributed by atoms with Gasteiger partial charge in [-0.1, -0.05) is 30.3 Å². The van der Waals surface area contributed by atoms with Gasteiger partial charge in [-0.3, -0.25) is 9.59 Å². The fraction of sp³-hybridized carbons (Fsp3) is 0.400. The molecule has 1 aliphatic carbocycles. The van der Waals surface area contributed by atoms with Crippen molar-refractivity contribution in [2.45, 2.75) is 32.2 Å². The molecule has 1 aromatic heterocycles. The standard InChI is InChI=1S/C20H24N2O3S2/c23-10-11-26-13-17(24)22-20-18(15-8-4-5-9-16(15)27-20)19(25)21-12-14-6-2-1-3-7-14/h1-3,6-7,23H,4-5,8-13H2,(H,21,25)(H,22,24). The Morgan fingerprint density at radius 1 is 1.15 bits per heavy atom. The van der Waals surface area contributed by atoms with E-state index in [0.717, 1.165) is 36.8 Å². The number of anilines is 1. The Balaban J connectivity index is 1.74. The highest BCUT2D eigenvalue weighted by Gasteiger charge is 2.26. The number of amides is 2. The van der Waals surface area contributed by atoms with Crippen LogP contribution in [0.3, 0.4) is 0 Å². The first-order chi connectivity index (χ1) is 13.2.